The first-order valence-electron chi connectivity index (χ1n) is 6.44. The molecule has 1 aromatic rings. The van der Waals surface area contributed by atoms with E-state index >= 15 is 0 Å². The Hall–Kier alpha value is -1.55. The highest BCUT2D eigenvalue weighted by Gasteiger charge is 2.09. The van der Waals surface area contributed by atoms with Gasteiger partial charge in [0.25, 0.3) is 0 Å². The molecule has 4 nitrogen and oxygen atoms in total. The molecule has 0 fully saturated rings. The molecule has 0 heterocycles. The number of nitrogens with one attached hydrogen (secondary N) is 1. The first-order valence-corrected chi connectivity index (χ1v) is 6.44. The number of nitrogens with two attached hydrogens (primary N) is 1. The molecule has 0 unspecified atom stereocenters. The molecule has 100 valence electrons. The highest BCUT2D eigenvalue weighted by atomic mass is 16.2. The predicted molar refractivity (Wildman–Crippen MR) is 75.5 cm³/mol. The summed E-state index contributed by atoms with van der Waals surface area (Å²) in [7, 11) is 1.91. The lowest BCUT2D eigenvalue weighted by Gasteiger charge is -2.21. The second kappa shape index (κ2) is 7.71. The number of benzene rings is 1. The van der Waals surface area contributed by atoms with E-state index in [4.69, 9.17) is 5.73 Å². The Labute approximate surface area is 109 Å². The number of anilines is 1. The normalized spacial score (nSPS) is 10.2. The van der Waals surface area contributed by atoms with Gasteiger partial charge in [0.05, 0.1) is 6.54 Å². The standard InChI is InChI=1S/C14H23N3O/c1-3-4-9-16-14(18)11-17(2)13-8-6-5-7-12(13)10-15/h5-8H,3-4,9-11,15H2,1-2H3,(H,16,18). The van der Waals surface area contributed by atoms with E-state index < -0.39 is 0 Å². The summed E-state index contributed by atoms with van der Waals surface area (Å²) in [5.41, 5.74) is 7.77. The Morgan fingerprint density at radius 1 is 1.39 bits per heavy atom. The first kappa shape index (κ1) is 14.5. The van der Waals surface area contributed by atoms with Crippen LogP contribution in [0.2, 0.25) is 0 Å². The van der Waals surface area contributed by atoms with Crippen molar-refractivity contribution >= 4 is 11.6 Å². The SMILES string of the molecule is CCCCNC(=O)CN(C)c1ccccc1CN. The molecule has 0 bridgehead atoms. The second-order valence-electron chi connectivity index (χ2n) is 4.39. The number of para-hydroxylation sites is 1. The molecule has 1 rings (SSSR count). The van der Waals surface area contributed by atoms with Crippen molar-refractivity contribution in [3.63, 3.8) is 0 Å². The molecule has 0 spiro atoms. The summed E-state index contributed by atoms with van der Waals surface area (Å²) < 4.78 is 0. The van der Waals surface area contributed by atoms with E-state index in [2.05, 4.69) is 12.2 Å². The van der Waals surface area contributed by atoms with Crippen LogP contribution in [0.1, 0.15) is 25.3 Å². The van der Waals surface area contributed by atoms with Gasteiger partial charge in [0.15, 0.2) is 0 Å². The van der Waals surface area contributed by atoms with Gasteiger partial charge in [-0.15, -0.1) is 0 Å². The van der Waals surface area contributed by atoms with Crippen LogP contribution in [0, 0.1) is 0 Å². The van der Waals surface area contributed by atoms with E-state index in [1.807, 2.05) is 36.2 Å². The Bertz CT molecular complexity index is 379. The van der Waals surface area contributed by atoms with E-state index in [1.165, 1.54) is 0 Å². The Morgan fingerprint density at radius 2 is 2.11 bits per heavy atom. The third-order valence-corrected chi connectivity index (χ3v) is 2.86. The number of likely N-dealkylation sites (N-methyl/N-ethyl adjacent to an activating group) is 1. The van der Waals surface area contributed by atoms with Crippen molar-refractivity contribution in [3.8, 4) is 0 Å². The fraction of sp³-hybridized carbons (Fsp3) is 0.500. The maximum atomic E-state index is 11.7. The highest BCUT2D eigenvalue weighted by Crippen LogP contribution is 2.17. The maximum absolute atomic E-state index is 11.7. The predicted octanol–water partition coefficient (Wildman–Crippen LogP) is 1.50. The average molecular weight is 249 g/mol. The lowest BCUT2D eigenvalue weighted by Crippen LogP contribution is -2.36. The summed E-state index contributed by atoms with van der Waals surface area (Å²) in [4.78, 5) is 13.7. The van der Waals surface area contributed by atoms with E-state index in [0.717, 1.165) is 30.6 Å². The molecule has 0 saturated carbocycles. The highest BCUT2D eigenvalue weighted by molar-refractivity contribution is 5.81. The summed E-state index contributed by atoms with van der Waals surface area (Å²) in [5.74, 6) is 0.0535. The molecule has 0 saturated heterocycles. The van der Waals surface area contributed by atoms with Crippen LogP contribution >= 0.6 is 0 Å². The molecule has 0 aliphatic rings. The summed E-state index contributed by atoms with van der Waals surface area (Å²) in [6.45, 7) is 3.70. The van der Waals surface area contributed by atoms with Gasteiger partial charge in [-0.3, -0.25) is 4.79 Å². The van der Waals surface area contributed by atoms with Gasteiger partial charge in [-0.2, -0.15) is 0 Å². The van der Waals surface area contributed by atoms with Crippen LogP contribution in [-0.4, -0.2) is 26.0 Å². The van der Waals surface area contributed by atoms with Crippen LogP contribution in [0.15, 0.2) is 24.3 Å². The quantitative estimate of drug-likeness (QED) is 0.720. The van der Waals surface area contributed by atoms with E-state index in [9.17, 15) is 4.79 Å². The van der Waals surface area contributed by atoms with Gasteiger partial charge in [-0.25, -0.2) is 0 Å². The lowest BCUT2D eigenvalue weighted by atomic mass is 10.1. The molecule has 0 radical (unpaired) electrons. The number of carbonyl (C=O) groups is 1. The van der Waals surface area contributed by atoms with Crippen LogP contribution < -0.4 is 16.0 Å². The second-order valence-corrected chi connectivity index (χ2v) is 4.39. The molecule has 18 heavy (non-hydrogen) atoms. The Kier molecular flexibility index (Phi) is 6.22. The molecule has 4 heteroatoms. The zero-order valence-electron chi connectivity index (χ0n) is 11.3. The van der Waals surface area contributed by atoms with Crippen LogP contribution in [0.25, 0.3) is 0 Å². The van der Waals surface area contributed by atoms with Crippen molar-refractivity contribution in [2.24, 2.45) is 5.73 Å². The van der Waals surface area contributed by atoms with Gasteiger partial charge < -0.3 is 16.0 Å². The minimum absolute atomic E-state index is 0.0535. The van der Waals surface area contributed by atoms with Gasteiger partial charge in [0.1, 0.15) is 0 Å². The number of hydrogen-bond donors (Lipinski definition) is 2. The van der Waals surface area contributed by atoms with E-state index in [-0.39, 0.29) is 5.91 Å². The molecule has 0 aliphatic heterocycles. The summed E-state index contributed by atoms with van der Waals surface area (Å²) in [6.07, 6.45) is 2.11. The monoisotopic (exact) mass is 249 g/mol. The molecule has 0 atom stereocenters. The van der Waals surface area contributed by atoms with Gasteiger partial charge in [-0.1, -0.05) is 31.5 Å². The fourth-order valence-corrected chi connectivity index (χ4v) is 1.82. The summed E-state index contributed by atoms with van der Waals surface area (Å²) in [6, 6.07) is 7.89. The summed E-state index contributed by atoms with van der Waals surface area (Å²) in [5, 5.41) is 2.91. The van der Waals surface area contributed by atoms with E-state index in [0.29, 0.717) is 13.1 Å². The van der Waals surface area contributed by atoms with Crippen molar-refractivity contribution in [2.45, 2.75) is 26.3 Å². The fourth-order valence-electron chi connectivity index (χ4n) is 1.82. The number of nitrogens with zero attached hydrogens (tertiary/aromatic N) is 1. The van der Waals surface area contributed by atoms with Gasteiger partial charge in [0, 0.05) is 25.8 Å². The smallest absolute Gasteiger partial charge is 0.239 e. The van der Waals surface area contributed by atoms with Crippen molar-refractivity contribution in [3.05, 3.63) is 29.8 Å². The largest absolute Gasteiger partial charge is 0.365 e. The maximum Gasteiger partial charge on any atom is 0.239 e. The average Bonchev–Trinajstić information content (AvgIpc) is 2.39. The third kappa shape index (κ3) is 4.37. The molecule has 1 aromatic carbocycles. The number of amides is 1. The van der Waals surface area contributed by atoms with Crippen LogP contribution in [-0.2, 0) is 11.3 Å². The van der Waals surface area contributed by atoms with E-state index in [1.54, 1.807) is 0 Å². The third-order valence-electron chi connectivity index (χ3n) is 2.86. The van der Waals surface area contributed by atoms with Crippen LogP contribution in [0.5, 0.6) is 0 Å². The molecule has 3 N–H and O–H groups in total. The number of unbranched alkanes of at least 4 members (excludes halogenated alkanes) is 1. The summed E-state index contributed by atoms with van der Waals surface area (Å²) >= 11 is 0. The topological polar surface area (TPSA) is 58.4 Å². The molecule has 0 aliphatic carbocycles. The number of carbonyl (C=O) groups excluding carboxylic acids is 1. The molecule has 0 aromatic heterocycles. The lowest BCUT2D eigenvalue weighted by molar-refractivity contribution is -0.119. The van der Waals surface area contributed by atoms with Crippen LogP contribution in [0.3, 0.4) is 0 Å². The van der Waals surface area contributed by atoms with Crippen molar-refractivity contribution in [2.75, 3.05) is 25.0 Å². The molecule has 1 amide bonds. The Balaban J connectivity index is 2.53. The number of hydrogen-bond acceptors (Lipinski definition) is 3. The molecular formula is C14H23N3O. The number of rotatable bonds is 7. The van der Waals surface area contributed by atoms with Gasteiger partial charge in [-0.05, 0) is 18.1 Å². The van der Waals surface area contributed by atoms with Crippen molar-refractivity contribution in [1.29, 1.82) is 0 Å². The minimum Gasteiger partial charge on any atom is -0.365 e. The van der Waals surface area contributed by atoms with Gasteiger partial charge in [0.2, 0.25) is 5.91 Å². The first-order chi connectivity index (χ1) is 8.69. The zero-order valence-corrected chi connectivity index (χ0v) is 11.3. The minimum atomic E-state index is 0.0535. The van der Waals surface area contributed by atoms with Crippen molar-refractivity contribution < 1.29 is 4.79 Å². The van der Waals surface area contributed by atoms with Gasteiger partial charge >= 0.3 is 0 Å². The Morgan fingerprint density at radius 3 is 2.78 bits per heavy atom. The van der Waals surface area contributed by atoms with Crippen molar-refractivity contribution in [1.82, 2.24) is 5.32 Å². The van der Waals surface area contributed by atoms with Crippen LogP contribution in [0.4, 0.5) is 5.69 Å². The molecular weight excluding hydrogens is 226 g/mol. The zero-order chi connectivity index (χ0) is 13.4.